The number of carbonyl (C=O) groups is 3. The zero-order chi connectivity index (χ0) is 51.8. The Labute approximate surface area is 435 Å². The summed E-state index contributed by atoms with van der Waals surface area (Å²) in [4.78, 5) is 66.3. The van der Waals surface area contributed by atoms with Crippen molar-refractivity contribution >= 4 is 78.2 Å². The largest absolute Gasteiger partial charge is 0.449 e. The first kappa shape index (κ1) is 47.6. The van der Waals surface area contributed by atoms with Crippen LogP contribution in [0.4, 0.5) is 23.8 Å². The molecule has 0 saturated carbocycles. The highest BCUT2D eigenvalue weighted by Crippen LogP contribution is 2.58. The standard InChI is InChI=1S/C29H26FN5O3S.C27H20FN5O2S/c1-3-38-28(37)35-34-25-21-14-29(2,24(32-25)20-11-7-5-9-17(20)21)26(36)33-27-31-23(15-39-27)19-12-13-22(30)18-10-6-4-8-16(18)19;1-27(12-19-15-7-3-5-9-18(15)22(27)33-23(19)31-32-26(33)35)24(34)30-25-29-21(13-36-25)17-10-11-20(28)16-8-4-2-6-14(16)17/h4-13,15,21,24H,3,14H2,1-2H3,(H,32,34)(H,35,37)(H,31,33,36);2-11,13,19,22H,12H2,1H3,(H,32,35)(H,29,30,34). The van der Waals surface area contributed by atoms with Gasteiger partial charge >= 0.3 is 11.8 Å². The molecule has 6 unspecified atom stereocenters. The Morgan fingerprint density at radius 3 is 1.77 bits per heavy atom. The molecule has 6 aromatic carbocycles. The molecule has 9 aromatic rings. The molecule has 0 saturated heterocycles. The maximum Gasteiger partial charge on any atom is 0.425 e. The molecule has 5 N–H and O–H groups in total. The second-order valence-corrected chi connectivity index (χ2v) is 21.1. The van der Waals surface area contributed by atoms with Crippen molar-refractivity contribution in [1.82, 2.24) is 35.6 Å². The molecule has 15 nitrogen and oxygen atoms in total. The highest BCUT2D eigenvalue weighted by molar-refractivity contribution is 7.14. The summed E-state index contributed by atoms with van der Waals surface area (Å²) in [5.41, 5.74) is 10.5. The van der Waals surface area contributed by atoms with E-state index in [1.54, 1.807) is 47.9 Å². The molecule has 3 amide bonds. The Kier molecular flexibility index (Phi) is 11.7. The Balaban J connectivity index is 0.000000152. The number of aromatic nitrogens is 5. The summed E-state index contributed by atoms with van der Waals surface area (Å²) in [5.74, 6) is -0.0446. The summed E-state index contributed by atoms with van der Waals surface area (Å²) in [6.45, 7) is 5.80. The molecular weight excluding hydrogens is 995 g/mol. The Bertz CT molecular complexity index is 3890. The Morgan fingerprint density at radius 2 is 1.19 bits per heavy atom. The molecule has 6 aliphatic rings. The number of thiazole rings is 2. The Hall–Kier alpha value is -8.42. The van der Waals surface area contributed by atoms with Gasteiger partial charge in [0.05, 0.1) is 40.9 Å². The molecule has 0 spiro atoms. The van der Waals surface area contributed by atoms with Gasteiger partial charge in [0.2, 0.25) is 11.8 Å². The number of fused-ring (bicyclic) bond motifs is 4. The van der Waals surface area contributed by atoms with E-state index in [0.29, 0.717) is 56.9 Å². The third kappa shape index (κ3) is 7.95. The van der Waals surface area contributed by atoms with Gasteiger partial charge in [-0.3, -0.25) is 24.6 Å². The van der Waals surface area contributed by atoms with Crippen molar-refractivity contribution in [3.8, 4) is 22.5 Å². The van der Waals surface area contributed by atoms with E-state index in [-0.39, 0.29) is 47.6 Å². The number of hydrazine groups is 1. The van der Waals surface area contributed by atoms with Crippen LogP contribution in [0.5, 0.6) is 0 Å². The van der Waals surface area contributed by atoms with Crippen molar-refractivity contribution in [2.75, 3.05) is 17.2 Å². The number of amides is 3. The molecule has 4 bridgehead atoms. The van der Waals surface area contributed by atoms with E-state index >= 15 is 0 Å². The first-order valence-electron chi connectivity index (χ1n) is 24.3. The zero-order valence-electron chi connectivity index (χ0n) is 40.5. The summed E-state index contributed by atoms with van der Waals surface area (Å²) in [6, 6.07) is 35.8. The number of halogens is 2. The number of amidine groups is 1. The number of ether oxygens (including phenoxy) is 1. The van der Waals surface area contributed by atoms with E-state index in [2.05, 4.69) is 41.7 Å². The van der Waals surface area contributed by atoms with Gasteiger partial charge in [-0.05, 0) is 90.9 Å². The fourth-order valence-corrected chi connectivity index (χ4v) is 12.9. The van der Waals surface area contributed by atoms with Crippen LogP contribution in [0.15, 0.2) is 142 Å². The van der Waals surface area contributed by atoms with Crippen molar-refractivity contribution < 1.29 is 27.9 Å². The number of H-pyrrole nitrogens is 1. The minimum absolute atomic E-state index is 0.154. The van der Waals surface area contributed by atoms with Gasteiger partial charge in [0.25, 0.3) is 0 Å². The van der Waals surface area contributed by atoms with E-state index in [9.17, 15) is 28.0 Å². The minimum atomic E-state index is -0.881. The van der Waals surface area contributed by atoms with Crippen molar-refractivity contribution in [3.63, 3.8) is 0 Å². The fraction of sp³-hybridized carbons (Fsp3) is 0.214. The number of carbonyl (C=O) groups excluding carboxylic acids is 3. The number of hydrogen-bond acceptors (Lipinski definition) is 12. The predicted octanol–water partition coefficient (Wildman–Crippen LogP) is 11.0. The van der Waals surface area contributed by atoms with E-state index < -0.39 is 29.0 Å². The van der Waals surface area contributed by atoms with Crippen LogP contribution in [0.25, 0.3) is 44.1 Å². The molecule has 4 aliphatic heterocycles. The molecule has 2 aliphatic carbocycles. The third-order valence-electron chi connectivity index (χ3n) is 15.0. The summed E-state index contributed by atoms with van der Waals surface area (Å²) >= 11 is 2.64. The van der Waals surface area contributed by atoms with Gasteiger partial charge < -0.3 is 15.4 Å². The molecule has 3 aromatic heterocycles. The first-order valence-corrected chi connectivity index (χ1v) is 26.1. The average molecular weight is 1040 g/mol. The van der Waals surface area contributed by atoms with Crippen LogP contribution in [0, 0.1) is 22.5 Å². The van der Waals surface area contributed by atoms with Gasteiger partial charge in [0.1, 0.15) is 23.3 Å². The molecule has 0 fully saturated rings. The second-order valence-electron chi connectivity index (χ2n) is 19.4. The van der Waals surface area contributed by atoms with Gasteiger partial charge in [-0.25, -0.2) is 38.9 Å². The van der Waals surface area contributed by atoms with Gasteiger partial charge in [0, 0.05) is 44.5 Å². The molecule has 7 heterocycles. The van der Waals surface area contributed by atoms with Gasteiger partial charge in [-0.1, -0.05) is 97.1 Å². The van der Waals surface area contributed by atoms with E-state index in [1.165, 1.54) is 34.8 Å². The number of rotatable bonds is 7. The first-order chi connectivity index (χ1) is 36.3. The van der Waals surface area contributed by atoms with Gasteiger partial charge in [0.15, 0.2) is 10.3 Å². The maximum atomic E-state index is 14.3. The molecule has 19 heteroatoms. The highest BCUT2D eigenvalue weighted by atomic mass is 32.1. The number of aromatic amines is 1. The van der Waals surface area contributed by atoms with E-state index in [4.69, 9.17) is 9.73 Å². The molecular formula is C56H46F2N10O5S2. The van der Waals surface area contributed by atoms with Crippen LogP contribution in [0.3, 0.4) is 0 Å². The van der Waals surface area contributed by atoms with Crippen LogP contribution in [0.2, 0.25) is 0 Å². The zero-order valence-corrected chi connectivity index (χ0v) is 42.1. The van der Waals surface area contributed by atoms with Crippen molar-refractivity contribution in [3.05, 3.63) is 182 Å². The van der Waals surface area contributed by atoms with Crippen LogP contribution in [0.1, 0.15) is 85.6 Å². The van der Waals surface area contributed by atoms with E-state index in [1.807, 2.05) is 97.4 Å². The fourth-order valence-electron chi connectivity index (χ4n) is 11.5. The second kappa shape index (κ2) is 18.5. The highest BCUT2D eigenvalue weighted by Gasteiger charge is 2.56. The number of nitrogens with zero attached hydrogens (tertiary/aromatic N) is 5. The van der Waals surface area contributed by atoms with Crippen molar-refractivity contribution in [1.29, 1.82) is 0 Å². The molecule has 15 rings (SSSR count). The number of hydrogen-bond donors (Lipinski definition) is 5. The summed E-state index contributed by atoms with van der Waals surface area (Å²) in [7, 11) is 0. The average Bonchev–Trinajstić information content (AvgIpc) is 4.23. The number of aliphatic imine (C=N–C) groups is 1. The molecule has 376 valence electrons. The number of nitrogens with one attached hydrogen (secondary N) is 5. The summed E-state index contributed by atoms with van der Waals surface area (Å²) in [6.07, 6.45) is 0.438. The molecule has 6 atom stereocenters. The van der Waals surface area contributed by atoms with Gasteiger partial charge in [-0.2, -0.15) is 5.10 Å². The van der Waals surface area contributed by atoms with Crippen LogP contribution in [-0.4, -0.2) is 55.1 Å². The smallest absolute Gasteiger partial charge is 0.425 e. The third-order valence-corrected chi connectivity index (χ3v) is 16.6. The van der Waals surface area contributed by atoms with Crippen LogP contribution < -0.4 is 27.2 Å². The topological polar surface area (TPSA) is 197 Å². The lowest BCUT2D eigenvalue weighted by molar-refractivity contribution is -0.128. The van der Waals surface area contributed by atoms with Crippen LogP contribution in [-0.2, 0) is 14.3 Å². The minimum Gasteiger partial charge on any atom is -0.449 e. The number of anilines is 2. The molecule has 0 radical (unpaired) electrons. The van der Waals surface area contributed by atoms with E-state index in [0.717, 1.165) is 44.2 Å². The van der Waals surface area contributed by atoms with Crippen molar-refractivity contribution in [2.24, 2.45) is 15.8 Å². The maximum absolute atomic E-state index is 14.3. The lowest BCUT2D eigenvalue weighted by Crippen LogP contribution is -2.53. The predicted molar refractivity (Wildman–Crippen MR) is 285 cm³/mol. The SMILES string of the molecule is CC1(C(=O)Nc2nc(-c3ccc(F)c4ccccc34)cs2)CC2c3ccccc3C1n1c2n[nH]c1=O.CCOC(=O)NNC1=NC2c3ccccc3C1CC2(C)C(=O)Nc1nc(-c2ccc(F)c3ccccc23)cs1. The summed E-state index contributed by atoms with van der Waals surface area (Å²) < 4.78 is 35.2. The summed E-state index contributed by atoms with van der Waals surface area (Å²) in [5, 5.41) is 20.1. The van der Waals surface area contributed by atoms with Crippen LogP contribution >= 0.6 is 22.7 Å². The lowest BCUT2D eigenvalue weighted by Gasteiger charge is -2.49. The number of benzene rings is 6. The quantitative estimate of drug-likeness (QED) is 0.0965. The van der Waals surface area contributed by atoms with Crippen molar-refractivity contribution in [2.45, 2.75) is 57.5 Å². The Morgan fingerprint density at radius 1 is 0.680 bits per heavy atom. The normalized spacial score (nSPS) is 21.5. The molecule has 75 heavy (non-hydrogen) atoms. The van der Waals surface area contributed by atoms with Gasteiger partial charge in [-0.15, -0.1) is 22.7 Å². The monoisotopic (exact) mass is 1040 g/mol. The lowest BCUT2D eigenvalue weighted by atomic mass is 9.61.